The lowest BCUT2D eigenvalue weighted by atomic mass is 9.95. The van der Waals surface area contributed by atoms with Crippen LogP contribution in [0, 0.1) is 4.91 Å². The second-order valence-electron chi connectivity index (χ2n) is 4.60. The van der Waals surface area contributed by atoms with Crippen molar-refractivity contribution in [2.75, 3.05) is 0 Å². The third kappa shape index (κ3) is 3.03. The Morgan fingerprint density at radius 3 is 1.71 bits per heavy atom. The van der Waals surface area contributed by atoms with Crippen molar-refractivity contribution in [1.29, 1.82) is 0 Å². The summed E-state index contributed by atoms with van der Waals surface area (Å²) < 4.78 is 2.84. The largest absolute Gasteiger partial charge is 0.137 e. The normalized spacial score (nSPS) is 10.3. The van der Waals surface area contributed by atoms with Crippen molar-refractivity contribution in [3.63, 3.8) is 0 Å². The van der Waals surface area contributed by atoms with Crippen LogP contribution in [-0.2, 0) is 0 Å². The highest BCUT2D eigenvalue weighted by Crippen LogP contribution is 2.32. The van der Waals surface area contributed by atoms with Gasteiger partial charge in [0.25, 0.3) is 0 Å². The van der Waals surface area contributed by atoms with Crippen LogP contribution in [-0.4, -0.2) is 0 Å². The SMILES string of the molecule is O=NSc1ccc(-c2ccccc2-c2ccccc2)cc1. The lowest BCUT2D eigenvalue weighted by molar-refractivity contribution is 1.45. The molecule has 0 aliphatic carbocycles. The van der Waals surface area contributed by atoms with E-state index in [0.29, 0.717) is 0 Å². The summed E-state index contributed by atoms with van der Waals surface area (Å²) in [5.74, 6) is 0. The Kier molecular flexibility index (Phi) is 4.12. The average molecular weight is 291 g/mol. The monoisotopic (exact) mass is 291 g/mol. The van der Waals surface area contributed by atoms with Gasteiger partial charge in [-0.05, 0) is 34.4 Å². The molecule has 0 saturated carbocycles. The maximum Gasteiger partial charge on any atom is 0.0570 e. The molecule has 102 valence electrons. The van der Waals surface area contributed by atoms with Gasteiger partial charge in [-0.1, -0.05) is 66.7 Å². The van der Waals surface area contributed by atoms with E-state index >= 15 is 0 Å². The summed E-state index contributed by atoms with van der Waals surface area (Å²) >= 11 is 0.949. The fraction of sp³-hybridized carbons (Fsp3) is 0. The van der Waals surface area contributed by atoms with Crippen molar-refractivity contribution in [3.05, 3.63) is 83.8 Å². The molecule has 2 nitrogen and oxygen atoms in total. The molecule has 21 heavy (non-hydrogen) atoms. The Morgan fingerprint density at radius 2 is 1.14 bits per heavy atom. The van der Waals surface area contributed by atoms with E-state index in [9.17, 15) is 4.91 Å². The first-order chi connectivity index (χ1) is 10.4. The van der Waals surface area contributed by atoms with E-state index in [0.717, 1.165) is 22.4 Å². The van der Waals surface area contributed by atoms with Crippen LogP contribution in [0.5, 0.6) is 0 Å². The smallest absolute Gasteiger partial charge is 0.0570 e. The predicted molar refractivity (Wildman–Crippen MR) is 89.0 cm³/mol. The second kappa shape index (κ2) is 6.37. The van der Waals surface area contributed by atoms with Crippen molar-refractivity contribution in [2.24, 2.45) is 4.58 Å². The van der Waals surface area contributed by atoms with Crippen LogP contribution in [0.25, 0.3) is 22.3 Å². The maximum absolute atomic E-state index is 10.3. The third-order valence-electron chi connectivity index (χ3n) is 3.32. The molecule has 0 aliphatic heterocycles. The standard InChI is InChI=1S/C18H13NOS/c20-19-21-16-12-10-15(11-13-16)18-9-5-4-8-17(18)14-6-2-1-3-7-14/h1-13H. The van der Waals surface area contributed by atoms with Crippen molar-refractivity contribution < 1.29 is 0 Å². The number of hydrogen-bond acceptors (Lipinski definition) is 3. The van der Waals surface area contributed by atoms with Crippen LogP contribution in [0.15, 0.2) is 88.3 Å². The highest BCUT2D eigenvalue weighted by atomic mass is 32.2. The zero-order chi connectivity index (χ0) is 14.5. The lowest BCUT2D eigenvalue weighted by Gasteiger charge is -2.10. The van der Waals surface area contributed by atoms with Gasteiger partial charge in [0, 0.05) is 9.48 Å². The molecule has 0 bridgehead atoms. The molecule has 0 aromatic heterocycles. The van der Waals surface area contributed by atoms with Crippen molar-refractivity contribution >= 4 is 11.9 Å². The first-order valence-electron chi connectivity index (χ1n) is 6.63. The van der Waals surface area contributed by atoms with Gasteiger partial charge in [0.05, 0.1) is 11.9 Å². The Balaban J connectivity index is 2.05. The molecule has 0 heterocycles. The van der Waals surface area contributed by atoms with E-state index < -0.39 is 0 Å². The molecule has 0 radical (unpaired) electrons. The average Bonchev–Trinajstić information content (AvgIpc) is 2.57. The summed E-state index contributed by atoms with van der Waals surface area (Å²) in [7, 11) is 0. The fourth-order valence-electron chi connectivity index (χ4n) is 2.34. The van der Waals surface area contributed by atoms with Crippen LogP contribution in [0.4, 0.5) is 0 Å². The first-order valence-corrected chi connectivity index (χ1v) is 7.40. The van der Waals surface area contributed by atoms with E-state index in [1.807, 2.05) is 54.6 Å². The van der Waals surface area contributed by atoms with Gasteiger partial charge in [0.1, 0.15) is 0 Å². The molecule has 0 atom stereocenters. The van der Waals surface area contributed by atoms with Gasteiger partial charge >= 0.3 is 0 Å². The predicted octanol–water partition coefficient (Wildman–Crippen LogP) is 5.79. The van der Waals surface area contributed by atoms with E-state index in [4.69, 9.17) is 0 Å². The summed E-state index contributed by atoms with van der Waals surface area (Å²) in [6.45, 7) is 0. The summed E-state index contributed by atoms with van der Waals surface area (Å²) in [5.41, 5.74) is 4.71. The number of nitroso groups, excluding NO2 is 1. The van der Waals surface area contributed by atoms with Gasteiger partial charge in [0.15, 0.2) is 0 Å². The topological polar surface area (TPSA) is 29.4 Å². The minimum absolute atomic E-state index is 0.853. The minimum atomic E-state index is 0.853. The van der Waals surface area contributed by atoms with Crippen LogP contribution in [0.3, 0.4) is 0 Å². The molecule has 0 aliphatic rings. The second-order valence-corrected chi connectivity index (χ2v) is 5.40. The molecular weight excluding hydrogens is 278 g/mol. The Morgan fingerprint density at radius 1 is 0.619 bits per heavy atom. The van der Waals surface area contributed by atoms with Crippen LogP contribution in [0.2, 0.25) is 0 Å². The van der Waals surface area contributed by atoms with Crippen LogP contribution < -0.4 is 0 Å². The van der Waals surface area contributed by atoms with Gasteiger partial charge in [-0.3, -0.25) is 0 Å². The maximum atomic E-state index is 10.3. The summed E-state index contributed by atoms with van der Waals surface area (Å²) in [5, 5.41) is 0. The quantitative estimate of drug-likeness (QED) is 0.449. The highest BCUT2D eigenvalue weighted by Gasteiger charge is 2.06. The van der Waals surface area contributed by atoms with E-state index in [-0.39, 0.29) is 0 Å². The molecule has 3 rings (SSSR count). The summed E-state index contributed by atoms with van der Waals surface area (Å²) in [6, 6.07) is 26.5. The van der Waals surface area contributed by atoms with Gasteiger partial charge in [0.2, 0.25) is 0 Å². The van der Waals surface area contributed by atoms with Crippen molar-refractivity contribution in [1.82, 2.24) is 0 Å². The third-order valence-corrected chi connectivity index (χ3v) is 3.88. The zero-order valence-corrected chi connectivity index (χ0v) is 12.1. The Labute approximate surface area is 127 Å². The zero-order valence-electron chi connectivity index (χ0n) is 11.3. The number of hydrogen-bond donors (Lipinski definition) is 0. The Hall–Kier alpha value is -2.39. The summed E-state index contributed by atoms with van der Waals surface area (Å²) in [6.07, 6.45) is 0. The van der Waals surface area contributed by atoms with Gasteiger partial charge in [-0.25, -0.2) is 0 Å². The molecule has 0 unspecified atom stereocenters. The molecule has 0 saturated heterocycles. The van der Waals surface area contributed by atoms with E-state index in [2.05, 4.69) is 28.8 Å². The molecule has 0 spiro atoms. The Bertz CT molecular complexity index is 739. The molecule has 3 aromatic rings. The number of benzene rings is 3. The highest BCUT2D eigenvalue weighted by molar-refractivity contribution is 7.98. The van der Waals surface area contributed by atoms with Crippen LogP contribution >= 0.6 is 11.9 Å². The minimum Gasteiger partial charge on any atom is -0.137 e. The lowest BCUT2D eigenvalue weighted by Crippen LogP contribution is -1.84. The van der Waals surface area contributed by atoms with Gasteiger partial charge < -0.3 is 0 Å². The summed E-state index contributed by atoms with van der Waals surface area (Å²) in [4.78, 5) is 11.1. The van der Waals surface area contributed by atoms with E-state index in [1.54, 1.807) is 0 Å². The molecule has 3 heteroatoms. The number of rotatable bonds is 4. The molecular formula is C18H13NOS. The first kappa shape index (κ1) is 13.6. The fourth-order valence-corrected chi connectivity index (χ4v) is 2.69. The van der Waals surface area contributed by atoms with Gasteiger partial charge in [-0.15, -0.1) is 4.91 Å². The van der Waals surface area contributed by atoms with Crippen molar-refractivity contribution in [3.8, 4) is 22.3 Å². The van der Waals surface area contributed by atoms with E-state index in [1.165, 1.54) is 16.7 Å². The molecule has 0 fully saturated rings. The molecule has 0 amide bonds. The van der Waals surface area contributed by atoms with Crippen LogP contribution in [0.1, 0.15) is 0 Å². The molecule has 3 aromatic carbocycles. The molecule has 0 N–H and O–H groups in total. The van der Waals surface area contributed by atoms with Crippen molar-refractivity contribution in [2.45, 2.75) is 4.90 Å². The van der Waals surface area contributed by atoms with Gasteiger partial charge in [-0.2, -0.15) is 0 Å². The number of nitrogens with zero attached hydrogens (tertiary/aromatic N) is 1.